The monoisotopic (exact) mass is 244 g/mol. The third kappa shape index (κ3) is 4.04. The van der Waals surface area contributed by atoms with Gasteiger partial charge in [0.25, 0.3) is 6.01 Å². The van der Waals surface area contributed by atoms with Gasteiger partial charge in [-0.05, 0) is 6.92 Å². The number of carbonyl (C=O) groups is 1. The van der Waals surface area contributed by atoms with Crippen LogP contribution in [0.2, 0.25) is 0 Å². The van der Waals surface area contributed by atoms with Crippen LogP contribution in [0, 0.1) is 0 Å². The second-order valence-electron chi connectivity index (χ2n) is 3.24. The number of aliphatic hydroxyl groups is 1. The van der Waals surface area contributed by atoms with E-state index in [9.17, 15) is 4.79 Å². The van der Waals surface area contributed by atoms with Crippen LogP contribution in [-0.2, 0) is 9.47 Å². The first-order chi connectivity index (χ1) is 8.21. The molecule has 1 aromatic heterocycles. The van der Waals surface area contributed by atoms with E-state index in [1.807, 2.05) is 0 Å². The molecule has 1 aromatic rings. The molecule has 0 saturated heterocycles. The lowest BCUT2D eigenvalue weighted by molar-refractivity contribution is 0.0519. The Morgan fingerprint density at radius 3 is 3.06 bits per heavy atom. The van der Waals surface area contributed by atoms with Crippen LogP contribution in [0.25, 0.3) is 0 Å². The van der Waals surface area contributed by atoms with Crippen molar-refractivity contribution in [2.45, 2.75) is 13.0 Å². The van der Waals surface area contributed by atoms with Crippen molar-refractivity contribution in [2.24, 2.45) is 0 Å². The average Bonchev–Trinajstić information content (AvgIpc) is 2.77. The number of aromatic nitrogens is 1. The highest BCUT2D eigenvalue weighted by Crippen LogP contribution is 2.10. The normalized spacial score (nSPS) is 12.2. The summed E-state index contributed by atoms with van der Waals surface area (Å²) in [4.78, 5) is 15.2. The highest BCUT2D eigenvalue weighted by molar-refractivity contribution is 5.87. The molecule has 1 heterocycles. The summed E-state index contributed by atoms with van der Waals surface area (Å²) in [6.45, 7) is 2.15. The minimum Gasteiger partial charge on any atom is -0.461 e. The van der Waals surface area contributed by atoms with Gasteiger partial charge in [-0.25, -0.2) is 4.79 Å². The lowest BCUT2D eigenvalue weighted by Gasteiger charge is -2.12. The maximum Gasteiger partial charge on any atom is 0.360 e. The summed E-state index contributed by atoms with van der Waals surface area (Å²) in [5.41, 5.74) is 0.0865. The van der Waals surface area contributed by atoms with Crippen molar-refractivity contribution in [1.29, 1.82) is 0 Å². The largest absolute Gasteiger partial charge is 0.461 e. The quantitative estimate of drug-likeness (QED) is 0.665. The number of aliphatic hydroxyl groups excluding tert-OH is 1. The number of rotatable bonds is 7. The third-order valence-corrected chi connectivity index (χ3v) is 1.90. The van der Waals surface area contributed by atoms with Crippen LogP contribution in [0.5, 0.6) is 0 Å². The molecule has 0 amide bonds. The van der Waals surface area contributed by atoms with Crippen LogP contribution < -0.4 is 5.32 Å². The minimum absolute atomic E-state index is 0.0865. The van der Waals surface area contributed by atoms with Gasteiger partial charge in [0.1, 0.15) is 6.26 Å². The molecule has 0 aromatic carbocycles. The van der Waals surface area contributed by atoms with E-state index in [4.69, 9.17) is 19.0 Å². The number of oxazole rings is 1. The molecule has 0 aliphatic carbocycles. The molecule has 96 valence electrons. The van der Waals surface area contributed by atoms with E-state index >= 15 is 0 Å². The summed E-state index contributed by atoms with van der Waals surface area (Å²) in [6.07, 6.45) is 1.20. The van der Waals surface area contributed by atoms with Crippen molar-refractivity contribution in [3.05, 3.63) is 12.0 Å². The predicted molar refractivity (Wildman–Crippen MR) is 58.8 cm³/mol. The lowest BCUT2D eigenvalue weighted by atomic mass is 10.3. The van der Waals surface area contributed by atoms with Gasteiger partial charge in [-0.15, -0.1) is 0 Å². The van der Waals surface area contributed by atoms with E-state index < -0.39 is 5.97 Å². The summed E-state index contributed by atoms with van der Waals surface area (Å²) in [5.74, 6) is -0.545. The lowest BCUT2D eigenvalue weighted by Crippen LogP contribution is -2.28. The molecule has 1 unspecified atom stereocenters. The van der Waals surface area contributed by atoms with Crippen molar-refractivity contribution >= 4 is 12.0 Å². The number of ether oxygens (including phenoxy) is 2. The van der Waals surface area contributed by atoms with E-state index in [1.54, 1.807) is 6.92 Å². The van der Waals surface area contributed by atoms with Crippen LogP contribution in [-0.4, -0.2) is 49.0 Å². The number of esters is 1. The Morgan fingerprint density at radius 1 is 1.71 bits per heavy atom. The maximum atomic E-state index is 11.3. The molecular weight excluding hydrogens is 228 g/mol. The summed E-state index contributed by atoms with van der Waals surface area (Å²) < 4.78 is 14.7. The standard InChI is InChI=1S/C10H16N2O5/c1-3-16-9(14)8-6-17-10(12-8)11-7(4-13)5-15-2/h6-7,13H,3-5H2,1-2H3,(H,11,12). The molecule has 17 heavy (non-hydrogen) atoms. The molecule has 7 heteroatoms. The Bertz CT molecular complexity index is 352. The molecular formula is C10H16N2O5. The second kappa shape index (κ2) is 6.87. The number of anilines is 1. The first-order valence-corrected chi connectivity index (χ1v) is 5.20. The van der Waals surface area contributed by atoms with Gasteiger partial charge >= 0.3 is 5.97 Å². The number of hydrogen-bond acceptors (Lipinski definition) is 7. The van der Waals surface area contributed by atoms with Gasteiger partial charge in [-0.2, -0.15) is 4.98 Å². The van der Waals surface area contributed by atoms with Crippen molar-refractivity contribution in [3.8, 4) is 0 Å². The highest BCUT2D eigenvalue weighted by Gasteiger charge is 2.15. The molecule has 0 bridgehead atoms. The van der Waals surface area contributed by atoms with Crippen LogP contribution in [0.3, 0.4) is 0 Å². The van der Waals surface area contributed by atoms with Crippen molar-refractivity contribution in [2.75, 3.05) is 32.2 Å². The minimum atomic E-state index is -0.545. The zero-order chi connectivity index (χ0) is 12.7. The van der Waals surface area contributed by atoms with Crippen LogP contribution in [0.1, 0.15) is 17.4 Å². The fraction of sp³-hybridized carbons (Fsp3) is 0.600. The van der Waals surface area contributed by atoms with E-state index in [0.29, 0.717) is 6.61 Å². The molecule has 0 spiro atoms. The van der Waals surface area contributed by atoms with E-state index in [1.165, 1.54) is 13.4 Å². The third-order valence-electron chi connectivity index (χ3n) is 1.90. The molecule has 0 saturated carbocycles. The Labute approximate surface area is 98.7 Å². The van der Waals surface area contributed by atoms with E-state index in [-0.39, 0.29) is 31.0 Å². The topological polar surface area (TPSA) is 93.8 Å². The molecule has 1 rings (SSSR count). The van der Waals surface area contributed by atoms with Gasteiger partial charge in [-0.3, -0.25) is 0 Å². The van der Waals surface area contributed by atoms with Gasteiger partial charge in [-0.1, -0.05) is 0 Å². The maximum absolute atomic E-state index is 11.3. The SMILES string of the molecule is CCOC(=O)c1coc(NC(CO)COC)n1. The van der Waals surface area contributed by atoms with Gasteiger partial charge in [0.15, 0.2) is 5.69 Å². The fourth-order valence-corrected chi connectivity index (χ4v) is 1.15. The molecule has 1 atom stereocenters. The molecule has 0 aliphatic rings. The Morgan fingerprint density at radius 2 is 2.47 bits per heavy atom. The first kappa shape index (κ1) is 13.5. The smallest absolute Gasteiger partial charge is 0.360 e. The number of methoxy groups -OCH3 is 1. The van der Waals surface area contributed by atoms with Gasteiger partial charge in [0.2, 0.25) is 0 Å². The first-order valence-electron chi connectivity index (χ1n) is 5.20. The molecule has 0 radical (unpaired) electrons. The molecule has 7 nitrogen and oxygen atoms in total. The predicted octanol–water partition coefficient (Wildman–Crippen LogP) is 0.270. The fourth-order valence-electron chi connectivity index (χ4n) is 1.15. The number of hydrogen-bond donors (Lipinski definition) is 2. The zero-order valence-electron chi connectivity index (χ0n) is 9.80. The van der Waals surface area contributed by atoms with Gasteiger partial charge in [0, 0.05) is 7.11 Å². The van der Waals surface area contributed by atoms with Crippen molar-refractivity contribution < 1.29 is 23.8 Å². The Balaban J connectivity index is 2.58. The number of nitrogens with one attached hydrogen (secondary N) is 1. The molecule has 0 fully saturated rings. The number of carbonyl (C=O) groups excluding carboxylic acids is 1. The summed E-state index contributed by atoms with van der Waals surface area (Å²) >= 11 is 0. The Kier molecular flexibility index (Phi) is 5.44. The number of nitrogens with zero attached hydrogens (tertiary/aromatic N) is 1. The van der Waals surface area contributed by atoms with E-state index in [0.717, 1.165) is 0 Å². The van der Waals surface area contributed by atoms with Gasteiger partial charge in [0.05, 0.1) is 25.9 Å². The Hall–Kier alpha value is -1.60. The van der Waals surface area contributed by atoms with Crippen molar-refractivity contribution in [1.82, 2.24) is 4.98 Å². The summed E-state index contributed by atoms with van der Waals surface area (Å²) in [6, 6.07) is -0.196. The zero-order valence-corrected chi connectivity index (χ0v) is 9.80. The van der Waals surface area contributed by atoms with Crippen LogP contribution in [0.4, 0.5) is 6.01 Å². The molecule has 0 aliphatic heterocycles. The van der Waals surface area contributed by atoms with Crippen molar-refractivity contribution in [3.63, 3.8) is 0 Å². The summed E-state index contributed by atoms with van der Waals surface area (Å²) in [5, 5.41) is 11.8. The van der Waals surface area contributed by atoms with Crippen LogP contribution in [0.15, 0.2) is 10.7 Å². The van der Waals surface area contributed by atoms with Crippen LogP contribution >= 0.6 is 0 Å². The van der Waals surface area contributed by atoms with Gasteiger partial charge < -0.3 is 24.3 Å². The molecule has 2 N–H and O–H groups in total. The van der Waals surface area contributed by atoms with E-state index in [2.05, 4.69) is 10.3 Å². The summed E-state index contributed by atoms with van der Waals surface area (Å²) in [7, 11) is 1.52. The highest BCUT2D eigenvalue weighted by atomic mass is 16.5. The average molecular weight is 244 g/mol. The second-order valence-corrected chi connectivity index (χ2v) is 3.24.